The van der Waals surface area contributed by atoms with Gasteiger partial charge in [-0.15, -0.1) is 0 Å². The van der Waals surface area contributed by atoms with E-state index >= 15 is 0 Å². The lowest BCUT2D eigenvalue weighted by molar-refractivity contribution is -0.121. The highest BCUT2D eigenvalue weighted by atomic mass is 16.5. The Morgan fingerprint density at radius 1 is 1.08 bits per heavy atom. The number of nitrogens with one attached hydrogen (secondary N) is 1. The summed E-state index contributed by atoms with van der Waals surface area (Å²) in [5, 5.41) is 2.92. The minimum Gasteiger partial charge on any atom is -0.496 e. The second-order valence-corrected chi connectivity index (χ2v) is 6.11. The van der Waals surface area contributed by atoms with Crippen LogP contribution in [0.15, 0.2) is 48.5 Å². The molecule has 1 saturated heterocycles. The zero-order valence-electron chi connectivity index (χ0n) is 14.7. The topological polar surface area (TPSA) is 75.7 Å². The van der Waals surface area contributed by atoms with E-state index in [1.165, 1.54) is 0 Å². The van der Waals surface area contributed by atoms with Crippen LogP contribution in [0.1, 0.15) is 41.7 Å². The quantitative estimate of drug-likeness (QED) is 0.840. The monoisotopic (exact) mass is 352 g/mol. The maximum Gasteiger partial charge on any atom is 0.251 e. The van der Waals surface area contributed by atoms with Crippen LogP contribution in [0.4, 0.5) is 5.69 Å². The molecule has 0 radical (unpaired) electrons. The lowest BCUT2D eigenvalue weighted by atomic mass is 10.1. The third-order valence-corrected chi connectivity index (χ3v) is 4.37. The van der Waals surface area contributed by atoms with Crippen molar-refractivity contribution in [2.75, 3.05) is 12.0 Å². The maximum absolute atomic E-state index is 12.6. The van der Waals surface area contributed by atoms with Crippen LogP contribution in [0, 0.1) is 0 Å². The van der Waals surface area contributed by atoms with Crippen molar-refractivity contribution in [3.63, 3.8) is 0 Å². The number of imide groups is 1. The Balaban J connectivity index is 1.79. The number of anilines is 1. The standard InChI is InChI=1S/C20H20N2O4/c1-13(16-8-3-4-9-17(16)26-2)21-20(25)14-6-5-7-15(12-14)22-18(23)10-11-19(22)24/h3-9,12-13H,10-11H2,1-2H3,(H,21,25). The summed E-state index contributed by atoms with van der Waals surface area (Å²) in [6, 6.07) is 13.7. The van der Waals surface area contributed by atoms with Crippen molar-refractivity contribution in [1.29, 1.82) is 0 Å². The molecule has 3 amide bonds. The summed E-state index contributed by atoms with van der Waals surface area (Å²) in [6.45, 7) is 1.87. The number of ether oxygens (including phenoxy) is 1. The van der Waals surface area contributed by atoms with Crippen LogP contribution in [0.25, 0.3) is 0 Å². The van der Waals surface area contributed by atoms with Crippen molar-refractivity contribution < 1.29 is 19.1 Å². The predicted octanol–water partition coefficient (Wildman–Crippen LogP) is 2.84. The molecule has 1 fully saturated rings. The van der Waals surface area contributed by atoms with Gasteiger partial charge in [-0.3, -0.25) is 19.3 Å². The molecule has 26 heavy (non-hydrogen) atoms. The van der Waals surface area contributed by atoms with E-state index in [2.05, 4.69) is 5.32 Å². The fourth-order valence-corrected chi connectivity index (χ4v) is 3.03. The summed E-state index contributed by atoms with van der Waals surface area (Å²) < 4.78 is 5.33. The molecule has 0 saturated carbocycles. The van der Waals surface area contributed by atoms with Crippen molar-refractivity contribution in [3.05, 3.63) is 59.7 Å². The van der Waals surface area contributed by atoms with E-state index in [0.29, 0.717) is 17.0 Å². The Labute approximate surface area is 151 Å². The van der Waals surface area contributed by atoms with Crippen molar-refractivity contribution in [3.8, 4) is 5.75 Å². The molecule has 0 spiro atoms. The van der Waals surface area contributed by atoms with Crippen molar-refractivity contribution >= 4 is 23.4 Å². The van der Waals surface area contributed by atoms with Crippen molar-refractivity contribution in [2.24, 2.45) is 0 Å². The lowest BCUT2D eigenvalue weighted by Gasteiger charge is -2.18. The molecule has 1 unspecified atom stereocenters. The first kappa shape index (κ1) is 17.7. The van der Waals surface area contributed by atoms with Crippen LogP contribution >= 0.6 is 0 Å². The van der Waals surface area contributed by atoms with Gasteiger partial charge in [-0.25, -0.2) is 0 Å². The summed E-state index contributed by atoms with van der Waals surface area (Å²) in [5.41, 5.74) is 1.68. The van der Waals surface area contributed by atoms with Crippen LogP contribution in [-0.4, -0.2) is 24.8 Å². The van der Waals surface area contributed by atoms with Gasteiger partial charge in [0.05, 0.1) is 18.8 Å². The molecule has 0 aliphatic carbocycles. The average Bonchev–Trinajstić information content (AvgIpc) is 3.00. The second kappa shape index (κ2) is 7.39. The van der Waals surface area contributed by atoms with Gasteiger partial charge in [0.15, 0.2) is 0 Å². The number of methoxy groups -OCH3 is 1. The highest BCUT2D eigenvalue weighted by Gasteiger charge is 2.30. The molecule has 0 bridgehead atoms. The molecular weight excluding hydrogens is 332 g/mol. The number of rotatable bonds is 5. The number of hydrogen-bond donors (Lipinski definition) is 1. The number of hydrogen-bond acceptors (Lipinski definition) is 4. The third kappa shape index (κ3) is 3.44. The van der Waals surface area contributed by atoms with E-state index in [0.717, 1.165) is 10.5 Å². The molecule has 134 valence electrons. The first-order chi connectivity index (χ1) is 12.5. The molecule has 6 heteroatoms. The van der Waals surface area contributed by atoms with E-state index in [4.69, 9.17) is 4.74 Å². The molecule has 1 N–H and O–H groups in total. The van der Waals surface area contributed by atoms with Crippen LogP contribution in [-0.2, 0) is 9.59 Å². The fourth-order valence-electron chi connectivity index (χ4n) is 3.03. The minimum atomic E-state index is -0.288. The molecule has 1 aliphatic rings. The number of carbonyl (C=O) groups excluding carboxylic acids is 3. The molecule has 0 aromatic heterocycles. The smallest absolute Gasteiger partial charge is 0.251 e. The lowest BCUT2D eigenvalue weighted by Crippen LogP contribution is -2.30. The highest BCUT2D eigenvalue weighted by Crippen LogP contribution is 2.26. The normalized spacial score (nSPS) is 15.1. The van der Waals surface area contributed by atoms with Crippen molar-refractivity contribution in [1.82, 2.24) is 5.32 Å². The predicted molar refractivity (Wildman–Crippen MR) is 97.0 cm³/mol. The number of nitrogens with zero attached hydrogens (tertiary/aromatic N) is 1. The zero-order valence-corrected chi connectivity index (χ0v) is 14.7. The molecule has 2 aromatic carbocycles. The van der Waals surface area contributed by atoms with E-state index in [1.54, 1.807) is 31.4 Å². The Morgan fingerprint density at radius 2 is 1.77 bits per heavy atom. The van der Waals surface area contributed by atoms with Crippen LogP contribution in [0.5, 0.6) is 5.75 Å². The number of benzene rings is 2. The van der Waals surface area contributed by atoms with Gasteiger partial charge in [-0.2, -0.15) is 0 Å². The number of para-hydroxylation sites is 1. The van der Waals surface area contributed by atoms with Crippen LogP contribution in [0.3, 0.4) is 0 Å². The largest absolute Gasteiger partial charge is 0.496 e. The van der Waals surface area contributed by atoms with Crippen LogP contribution in [0.2, 0.25) is 0 Å². The number of amides is 3. The Kier molecular flexibility index (Phi) is 5.02. The summed E-state index contributed by atoms with van der Waals surface area (Å²) in [5.74, 6) is -0.0726. The number of carbonyl (C=O) groups is 3. The van der Waals surface area contributed by atoms with Gasteiger partial charge in [0.25, 0.3) is 5.91 Å². The average molecular weight is 352 g/mol. The molecule has 1 aliphatic heterocycles. The van der Waals surface area contributed by atoms with Gasteiger partial charge >= 0.3 is 0 Å². The first-order valence-corrected chi connectivity index (χ1v) is 8.41. The first-order valence-electron chi connectivity index (χ1n) is 8.41. The van der Waals surface area contributed by atoms with Gasteiger partial charge in [0.1, 0.15) is 5.75 Å². The maximum atomic E-state index is 12.6. The van der Waals surface area contributed by atoms with Gasteiger partial charge < -0.3 is 10.1 Å². The Hall–Kier alpha value is -3.15. The molecular formula is C20H20N2O4. The SMILES string of the molecule is COc1ccccc1C(C)NC(=O)c1cccc(N2C(=O)CCC2=O)c1. The van der Waals surface area contributed by atoms with Crippen LogP contribution < -0.4 is 15.0 Å². The summed E-state index contributed by atoms with van der Waals surface area (Å²) in [6.07, 6.45) is 0.417. The third-order valence-electron chi connectivity index (χ3n) is 4.37. The minimum absolute atomic E-state index is 0.208. The molecule has 6 nitrogen and oxygen atoms in total. The summed E-state index contributed by atoms with van der Waals surface area (Å²) in [7, 11) is 1.58. The van der Waals surface area contributed by atoms with E-state index in [9.17, 15) is 14.4 Å². The van der Waals surface area contributed by atoms with Gasteiger partial charge in [0.2, 0.25) is 11.8 Å². The van der Waals surface area contributed by atoms with Gasteiger partial charge in [-0.05, 0) is 31.2 Å². The molecule has 1 atom stereocenters. The Morgan fingerprint density at radius 3 is 2.46 bits per heavy atom. The zero-order chi connectivity index (χ0) is 18.7. The van der Waals surface area contributed by atoms with Gasteiger partial charge in [-0.1, -0.05) is 24.3 Å². The molecule has 2 aromatic rings. The summed E-state index contributed by atoms with van der Waals surface area (Å²) in [4.78, 5) is 37.5. The highest BCUT2D eigenvalue weighted by molar-refractivity contribution is 6.20. The second-order valence-electron chi connectivity index (χ2n) is 6.11. The fraction of sp³-hybridized carbons (Fsp3) is 0.250. The van der Waals surface area contributed by atoms with Crippen molar-refractivity contribution in [2.45, 2.75) is 25.8 Å². The summed E-state index contributed by atoms with van der Waals surface area (Å²) >= 11 is 0. The van der Waals surface area contributed by atoms with E-state index in [-0.39, 0.29) is 36.6 Å². The van der Waals surface area contributed by atoms with E-state index < -0.39 is 0 Å². The molecule has 3 rings (SSSR count). The Bertz CT molecular complexity index is 846. The van der Waals surface area contributed by atoms with E-state index in [1.807, 2.05) is 31.2 Å². The molecule has 1 heterocycles. The van der Waals surface area contributed by atoms with Gasteiger partial charge in [0, 0.05) is 24.0 Å².